The molecule has 1 N–H and O–H groups in total. The molecule has 162 valence electrons. The number of piperidine rings is 1. The van der Waals surface area contributed by atoms with Gasteiger partial charge < -0.3 is 19.5 Å². The van der Waals surface area contributed by atoms with Gasteiger partial charge in [0.2, 0.25) is 23.5 Å². The number of nitrogens with zero attached hydrogens (tertiary/aromatic N) is 3. The van der Waals surface area contributed by atoms with Crippen molar-refractivity contribution in [2.24, 2.45) is 5.92 Å². The smallest absolute Gasteiger partial charge is 0.227 e. The molecule has 1 aromatic heterocycles. The highest BCUT2D eigenvalue weighted by atomic mass is 16.5. The zero-order chi connectivity index (χ0) is 21.3. The van der Waals surface area contributed by atoms with Gasteiger partial charge in [0.05, 0.1) is 12.5 Å². The molecule has 8 nitrogen and oxygen atoms in total. The second-order valence-corrected chi connectivity index (χ2v) is 7.44. The van der Waals surface area contributed by atoms with Crippen LogP contribution in [0.3, 0.4) is 0 Å². The predicted molar refractivity (Wildman–Crippen MR) is 112 cm³/mol. The number of amides is 2. The molecule has 0 bridgehead atoms. The number of benzene rings is 1. The van der Waals surface area contributed by atoms with E-state index in [2.05, 4.69) is 15.5 Å². The molecule has 1 saturated heterocycles. The molecule has 2 aromatic rings. The molecular weight excluding hydrogens is 384 g/mol. The summed E-state index contributed by atoms with van der Waals surface area (Å²) in [6.45, 7) is 6.42. The predicted octanol–water partition coefficient (Wildman–Crippen LogP) is 2.83. The van der Waals surface area contributed by atoms with Crippen molar-refractivity contribution >= 4 is 11.8 Å². The van der Waals surface area contributed by atoms with E-state index < -0.39 is 0 Å². The number of rotatable bonds is 9. The van der Waals surface area contributed by atoms with Gasteiger partial charge in [-0.1, -0.05) is 12.1 Å². The van der Waals surface area contributed by atoms with E-state index in [1.54, 1.807) is 4.90 Å². The Bertz CT molecular complexity index is 834. The first-order valence-electron chi connectivity index (χ1n) is 10.7. The van der Waals surface area contributed by atoms with Crippen molar-refractivity contribution < 1.29 is 18.8 Å². The van der Waals surface area contributed by atoms with Gasteiger partial charge in [0.25, 0.3) is 0 Å². The zero-order valence-corrected chi connectivity index (χ0v) is 17.7. The minimum atomic E-state index is -0.121. The zero-order valence-electron chi connectivity index (χ0n) is 17.7. The lowest BCUT2D eigenvalue weighted by Gasteiger charge is -2.32. The first-order valence-corrected chi connectivity index (χ1v) is 10.7. The average Bonchev–Trinajstić information content (AvgIpc) is 3.25. The molecule has 1 aliphatic heterocycles. The molecule has 8 heteroatoms. The molecule has 3 rings (SSSR count). The standard InChI is InChI=1S/C22H30N4O4/c1-3-13-23-22(28)17-6-5-14-26(15-17)20(27)12-11-19-24-21(25-30-19)16-7-9-18(10-8-16)29-4-2/h7-10,17H,3-6,11-15H2,1-2H3,(H,23,28). The SMILES string of the molecule is CCCNC(=O)C1CCCN(C(=O)CCc2nc(-c3ccc(OCC)cc3)no2)C1. The van der Waals surface area contributed by atoms with Crippen molar-refractivity contribution in [2.75, 3.05) is 26.2 Å². The van der Waals surface area contributed by atoms with E-state index in [1.165, 1.54) is 0 Å². The summed E-state index contributed by atoms with van der Waals surface area (Å²) in [6, 6.07) is 7.48. The van der Waals surface area contributed by atoms with Crippen molar-refractivity contribution in [3.63, 3.8) is 0 Å². The highest BCUT2D eigenvalue weighted by molar-refractivity contribution is 5.81. The van der Waals surface area contributed by atoms with E-state index in [1.807, 2.05) is 38.1 Å². The summed E-state index contributed by atoms with van der Waals surface area (Å²) in [5, 5.41) is 6.94. The molecule has 0 aliphatic carbocycles. The van der Waals surface area contributed by atoms with E-state index >= 15 is 0 Å². The van der Waals surface area contributed by atoms with Crippen LogP contribution in [-0.2, 0) is 16.0 Å². The van der Waals surface area contributed by atoms with Gasteiger partial charge in [0.15, 0.2) is 0 Å². The van der Waals surface area contributed by atoms with Crippen LogP contribution in [0.15, 0.2) is 28.8 Å². The Morgan fingerprint density at radius 1 is 1.27 bits per heavy atom. The Kier molecular flexibility index (Phi) is 7.82. The summed E-state index contributed by atoms with van der Waals surface area (Å²) in [6.07, 6.45) is 3.25. The van der Waals surface area contributed by atoms with Crippen LogP contribution in [0.5, 0.6) is 5.75 Å². The van der Waals surface area contributed by atoms with Gasteiger partial charge in [-0.05, 0) is 50.5 Å². The fraction of sp³-hybridized carbons (Fsp3) is 0.545. The maximum Gasteiger partial charge on any atom is 0.227 e. The number of ether oxygens (including phenoxy) is 1. The van der Waals surface area contributed by atoms with Gasteiger partial charge in [-0.15, -0.1) is 0 Å². The highest BCUT2D eigenvalue weighted by Gasteiger charge is 2.28. The number of hydrogen-bond donors (Lipinski definition) is 1. The fourth-order valence-corrected chi connectivity index (χ4v) is 3.52. The fourth-order valence-electron chi connectivity index (χ4n) is 3.52. The average molecular weight is 415 g/mol. The van der Waals surface area contributed by atoms with Crippen molar-refractivity contribution in [3.05, 3.63) is 30.2 Å². The number of nitrogens with one attached hydrogen (secondary N) is 1. The van der Waals surface area contributed by atoms with E-state index in [9.17, 15) is 9.59 Å². The maximum absolute atomic E-state index is 12.6. The van der Waals surface area contributed by atoms with Crippen molar-refractivity contribution in [2.45, 2.75) is 46.0 Å². The molecule has 0 radical (unpaired) electrons. The lowest BCUT2D eigenvalue weighted by Crippen LogP contribution is -2.45. The summed E-state index contributed by atoms with van der Waals surface area (Å²) >= 11 is 0. The topological polar surface area (TPSA) is 97.6 Å². The molecular formula is C22H30N4O4. The third-order valence-electron chi connectivity index (χ3n) is 5.14. The van der Waals surface area contributed by atoms with Crippen molar-refractivity contribution in [3.8, 4) is 17.1 Å². The number of hydrogen-bond acceptors (Lipinski definition) is 6. The monoisotopic (exact) mass is 414 g/mol. The van der Waals surface area contributed by atoms with Crippen LogP contribution in [0, 0.1) is 5.92 Å². The van der Waals surface area contributed by atoms with Crippen LogP contribution < -0.4 is 10.1 Å². The Morgan fingerprint density at radius 3 is 2.80 bits per heavy atom. The normalized spacial score (nSPS) is 16.3. The molecule has 2 amide bonds. The summed E-state index contributed by atoms with van der Waals surface area (Å²) in [4.78, 5) is 31.0. The minimum Gasteiger partial charge on any atom is -0.494 e. The number of likely N-dealkylation sites (tertiary alicyclic amines) is 1. The van der Waals surface area contributed by atoms with E-state index in [0.29, 0.717) is 44.4 Å². The molecule has 0 saturated carbocycles. The molecule has 1 unspecified atom stereocenters. The highest BCUT2D eigenvalue weighted by Crippen LogP contribution is 2.21. The number of carbonyl (C=O) groups is 2. The third kappa shape index (κ3) is 5.81. The number of carbonyl (C=O) groups excluding carboxylic acids is 2. The first-order chi connectivity index (χ1) is 14.6. The van der Waals surface area contributed by atoms with Gasteiger partial charge >= 0.3 is 0 Å². The van der Waals surface area contributed by atoms with Crippen LogP contribution in [-0.4, -0.2) is 53.1 Å². The molecule has 1 aromatic carbocycles. The Morgan fingerprint density at radius 2 is 2.07 bits per heavy atom. The Labute approximate surface area is 177 Å². The summed E-state index contributed by atoms with van der Waals surface area (Å²) in [5.41, 5.74) is 0.830. The van der Waals surface area contributed by atoms with Crippen LogP contribution in [0.1, 0.15) is 45.4 Å². The molecule has 1 atom stereocenters. The van der Waals surface area contributed by atoms with Crippen molar-refractivity contribution in [1.29, 1.82) is 0 Å². The van der Waals surface area contributed by atoms with E-state index in [4.69, 9.17) is 9.26 Å². The summed E-state index contributed by atoms with van der Waals surface area (Å²) in [7, 11) is 0. The van der Waals surface area contributed by atoms with Gasteiger partial charge in [0.1, 0.15) is 5.75 Å². The van der Waals surface area contributed by atoms with Crippen LogP contribution in [0.2, 0.25) is 0 Å². The molecule has 1 aliphatic rings. The van der Waals surface area contributed by atoms with Gasteiger partial charge in [-0.3, -0.25) is 9.59 Å². The summed E-state index contributed by atoms with van der Waals surface area (Å²) in [5.74, 6) is 1.66. The van der Waals surface area contributed by atoms with Gasteiger partial charge in [-0.2, -0.15) is 4.98 Å². The number of aromatic nitrogens is 2. The minimum absolute atomic E-state index is 0.0174. The first kappa shape index (κ1) is 21.8. The van der Waals surface area contributed by atoms with Crippen LogP contribution in [0.4, 0.5) is 0 Å². The van der Waals surface area contributed by atoms with Gasteiger partial charge in [-0.25, -0.2) is 0 Å². The quantitative estimate of drug-likeness (QED) is 0.678. The Balaban J connectivity index is 1.50. The second kappa shape index (κ2) is 10.8. The molecule has 1 fully saturated rings. The lowest BCUT2D eigenvalue weighted by molar-refractivity contribution is -0.135. The molecule has 30 heavy (non-hydrogen) atoms. The molecule has 2 heterocycles. The molecule has 0 spiro atoms. The lowest BCUT2D eigenvalue weighted by atomic mass is 9.96. The van der Waals surface area contributed by atoms with Crippen LogP contribution >= 0.6 is 0 Å². The summed E-state index contributed by atoms with van der Waals surface area (Å²) < 4.78 is 10.7. The Hall–Kier alpha value is -2.90. The maximum atomic E-state index is 12.6. The second-order valence-electron chi connectivity index (χ2n) is 7.44. The largest absolute Gasteiger partial charge is 0.494 e. The van der Waals surface area contributed by atoms with Gasteiger partial charge in [0, 0.05) is 38.0 Å². The number of aryl methyl sites for hydroxylation is 1. The van der Waals surface area contributed by atoms with Crippen LogP contribution in [0.25, 0.3) is 11.4 Å². The van der Waals surface area contributed by atoms with E-state index in [-0.39, 0.29) is 24.2 Å². The van der Waals surface area contributed by atoms with E-state index in [0.717, 1.165) is 30.6 Å². The third-order valence-corrected chi connectivity index (χ3v) is 5.14. The van der Waals surface area contributed by atoms with Crippen molar-refractivity contribution in [1.82, 2.24) is 20.4 Å².